The maximum absolute atomic E-state index is 12.7. The molecule has 0 radical (unpaired) electrons. The molecule has 8 heteroatoms. The Morgan fingerprint density at radius 3 is 2.86 bits per heavy atom. The van der Waals surface area contributed by atoms with E-state index in [1.165, 1.54) is 6.07 Å². The molecule has 1 aliphatic heterocycles. The number of rotatable bonds is 2. The van der Waals surface area contributed by atoms with Crippen LogP contribution in [0.3, 0.4) is 0 Å². The monoisotopic (exact) mass is 313 g/mol. The maximum atomic E-state index is 12.7. The van der Waals surface area contributed by atoms with Crippen molar-refractivity contribution in [2.45, 2.75) is 31.5 Å². The number of carbonyl (C=O) groups excluding carboxylic acids is 1. The molecule has 1 saturated heterocycles. The zero-order chi connectivity index (χ0) is 16.0. The number of ether oxygens (including phenoxy) is 1. The topological polar surface area (TPSA) is 67.0 Å². The lowest BCUT2D eigenvalue weighted by Gasteiger charge is -2.20. The number of nitrogens with zero attached hydrogens (tertiary/aromatic N) is 1. The van der Waals surface area contributed by atoms with Crippen LogP contribution in [-0.4, -0.2) is 28.1 Å². The fourth-order valence-corrected chi connectivity index (χ4v) is 2.44. The van der Waals surface area contributed by atoms with Crippen LogP contribution in [0.4, 0.5) is 19.1 Å². The van der Waals surface area contributed by atoms with E-state index in [0.717, 1.165) is 18.6 Å². The molecule has 1 aromatic carbocycles. The first kappa shape index (κ1) is 14.8. The highest BCUT2D eigenvalue weighted by Crippen LogP contribution is 2.31. The summed E-state index contributed by atoms with van der Waals surface area (Å²) in [7, 11) is 0. The van der Waals surface area contributed by atoms with Crippen molar-refractivity contribution < 1.29 is 22.7 Å². The summed E-state index contributed by atoms with van der Waals surface area (Å²) in [6.07, 6.45) is -3.04. The second-order valence-electron chi connectivity index (χ2n) is 5.45. The van der Waals surface area contributed by atoms with Crippen molar-refractivity contribution in [3.8, 4) is 0 Å². The van der Waals surface area contributed by atoms with Crippen LogP contribution in [0.25, 0.3) is 11.0 Å². The van der Waals surface area contributed by atoms with Crippen LogP contribution in [0.1, 0.15) is 25.3 Å². The van der Waals surface area contributed by atoms with E-state index in [1.54, 1.807) is 6.92 Å². The normalized spacial score (nSPS) is 22.2. The predicted octanol–water partition coefficient (Wildman–Crippen LogP) is 3.09. The molecule has 2 heterocycles. The molecule has 1 unspecified atom stereocenters. The Balaban J connectivity index is 1.84. The Hall–Kier alpha value is -2.09. The SMILES string of the molecule is CC1(C(=O)Nc2nc3ccc(C(F)(F)F)cc3[nH]2)CCCO1. The lowest BCUT2D eigenvalue weighted by atomic mass is 10.0. The summed E-state index contributed by atoms with van der Waals surface area (Å²) in [4.78, 5) is 18.9. The van der Waals surface area contributed by atoms with E-state index in [4.69, 9.17) is 4.74 Å². The smallest absolute Gasteiger partial charge is 0.365 e. The van der Waals surface area contributed by atoms with Gasteiger partial charge in [-0.15, -0.1) is 0 Å². The summed E-state index contributed by atoms with van der Waals surface area (Å²) in [5.41, 5.74) is -1.13. The number of nitrogens with one attached hydrogen (secondary N) is 2. The molecule has 1 fully saturated rings. The molecule has 0 spiro atoms. The molecule has 1 atom stereocenters. The fraction of sp³-hybridized carbons (Fsp3) is 0.429. The number of H-pyrrole nitrogens is 1. The third-order valence-corrected chi connectivity index (χ3v) is 3.74. The minimum atomic E-state index is -4.42. The molecule has 2 aromatic rings. The van der Waals surface area contributed by atoms with Crippen molar-refractivity contribution in [2.75, 3.05) is 11.9 Å². The van der Waals surface area contributed by atoms with E-state index in [-0.39, 0.29) is 17.4 Å². The van der Waals surface area contributed by atoms with Crippen molar-refractivity contribution in [3.05, 3.63) is 23.8 Å². The summed E-state index contributed by atoms with van der Waals surface area (Å²) in [6, 6.07) is 3.18. The zero-order valence-electron chi connectivity index (χ0n) is 11.8. The predicted molar refractivity (Wildman–Crippen MR) is 73.3 cm³/mol. The Kier molecular flexibility index (Phi) is 3.36. The first-order valence-corrected chi connectivity index (χ1v) is 6.80. The van der Waals surface area contributed by atoms with Crippen molar-refractivity contribution in [1.29, 1.82) is 0 Å². The van der Waals surface area contributed by atoms with Gasteiger partial charge in [0.15, 0.2) is 0 Å². The first-order valence-electron chi connectivity index (χ1n) is 6.80. The average Bonchev–Trinajstić information content (AvgIpc) is 3.03. The van der Waals surface area contributed by atoms with Gasteiger partial charge >= 0.3 is 6.18 Å². The molecule has 0 aliphatic carbocycles. The van der Waals surface area contributed by atoms with Gasteiger partial charge in [-0.1, -0.05) is 0 Å². The number of aromatic amines is 1. The summed E-state index contributed by atoms with van der Waals surface area (Å²) in [5, 5.41) is 2.56. The standard InChI is InChI=1S/C14H14F3N3O2/c1-13(5-2-6-22-13)11(21)20-12-18-9-4-3-8(14(15,16)17)7-10(9)19-12/h3-4,7H,2,5-6H2,1H3,(H2,18,19,20,21). The minimum Gasteiger partial charge on any atom is -0.365 e. The van der Waals surface area contributed by atoms with E-state index in [9.17, 15) is 18.0 Å². The van der Waals surface area contributed by atoms with Crippen LogP contribution in [0, 0.1) is 0 Å². The van der Waals surface area contributed by atoms with E-state index < -0.39 is 17.3 Å². The van der Waals surface area contributed by atoms with Gasteiger partial charge in [0.25, 0.3) is 5.91 Å². The molecule has 1 amide bonds. The van der Waals surface area contributed by atoms with E-state index in [1.807, 2.05) is 0 Å². The summed E-state index contributed by atoms with van der Waals surface area (Å²) in [6.45, 7) is 2.19. The average molecular weight is 313 g/mol. The van der Waals surface area contributed by atoms with Crippen molar-refractivity contribution in [2.24, 2.45) is 0 Å². The Labute approximate surface area is 123 Å². The highest BCUT2D eigenvalue weighted by molar-refractivity contribution is 5.97. The van der Waals surface area contributed by atoms with Crippen LogP contribution in [0.5, 0.6) is 0 Å². The summed E-state index contributed by atoms with van der Waals surface area (Å²) >= 11 is 0. The number of benzene rings is 1. The van der Waals surface area contributed by atoms with E-state index >= 15 is 0 Å². The number of hydrogen-bond acceptors (Lipinski definition) is 3. The summed E-state index contributed by atoms with van der Waals surface area (Å²) in [5.74, 6) is -0.254. The van der Waals surface area contributed by atoms with Gasteiger partial charge < -0.3 is 9.72 Å². The molecule has 3 rings (SSSR count). The van der Waals surface area contributed by atoms with E-state index in [0.29, 0.717) is 18.5 Å². The van der Waals surface area contributed by atoms with Crippen LogP contribution in [-0.2, 0) is 15.7 Å². The number of imidazole rings is 1. The molecule has 1 aliphatic rings. The van der Waals surface area contributed by atoms with Crippen LogP contribution >= 0.6 is 0 Å². The third-order valence-electron chi connectivity index (χ3n) is 3.74. The Morgan fingerprint density at radius 1 is 1.45 bits per heavy atom. The quantitative estimate of drug-likeness (QED) is 0.895. The molecule has 2 N–H and O–H groups in total. The van der Waals surface area contributed by atoms with Gasteiger partial charge in [0.2, 0.25) is 5.95 Å². The Bertz CT molecular complexity index is 718. The largest absolute Gasteiger partial charge is 0.416 e. The zero-order valence-corrected chi connectivity index (χ0v) is 11.8. The Morgan fingerprint density at radius 2 is 2.23 bits per heavy atom. The first-order chi connectivity index (χ1) is 10.3. The van der Waals surface area contributed by atoms with Crippen molar-refractivity contribution >= 4 is 22.9 Å². The van der Waals surface area contributed by atoms with Gasteiger partial charge in [-0.2, -0.15) is 13.2 Å². The molecule has 0 bridgehead atoms. The van der Waals surface area contributed by atoms with Crippen LogP contribution < -0.4 is 5.32 Å². The number of aromatic nitrogens is 2. The minimum absolute atomic E-state index is 0.107. The van der Waals surface area contributed by atoms with E-state index in [2.05, 4.69) is 15.3 Å². The number of hydrogen-bond donors (Lipinski definition) is 2. The maximum Gasteiger partial charge on any atom is 0.416 e. The van der Waals surface area contributed by atoms with Crippen molar-refractivity contribution in [1.82, 2.24) is 9.97 Å². The molecule has 118 valence electrons. The van der Waals surface area contributed by atoms with Gasteiger partial charge in [0, 0.05) is 6.61 Å². The second kappa shape index (κ2) is 4.98. The molecular formula is C14H14F3N3O2. The lowest BCUT2D eigenvalue weighted by Crippen LogP contribution is -2.39. The second-order valence-corrected chi connectivity index (χ2v) is 5.45. The number of halogens is 3. The van der Waals surface area contributed by atoms with Gasteiger partial charge in [-0.25, -0.2) is 4.98 Å². The number of amides is 1. The number of fused-ring (bicyclic) bond motifs is 1. The molecule has 0 saturated carbocycles. The highest BCUT2D eigenvalue weighted by atomic mass is 19.4. The van der Waals surface area contributed by atoms with Gasteiger partial charge in [0.05, 0.1) is 16.6 Å². The van der Waals surface area contributed by atoms with Gasteiger partial charge in [0.1, 0.15) is 5.60 Å². The van der Waals surface area contributed by atoms with Gasteiger partial charge in [-0.05, 0) is 38.0 Å². The van der Waals surface area contributed by atoms with Crippen LogP contribution in [0.15, 0.2) is 18.2 Å². The van der Waals surface area contributed by atoms with Gasteiger partial charge in [-0.3, -0.25) is 10.1 Å². The third kappa shape index (κ3) is 2.66. The number of anilines is 1. The van der Waals surface area contributed by atoms with Crippen LogP contribution in [0.2, 0.25) is 0 Å². The van der Waals surface area contributed by atoms with Crippen molar-refractivity contribution in [3.63, 3.8) is 0 Å². The lowest BCUT2D eigenvalue weighted by molar-refractivity contribution is -0.137. The fourth-order valence-electron chi connectivity index (χ4n) is 2.44. The number of alkyl halides is 3. The summed E-state index contributed by atoms with van der Waals surface area (Å²) < 4.78 is 43.4. The molecule has 22 heavy (non-hydrogen) atoms. The molecule has 5 nitrogen and oxygen atoms in total. The molecule has 1 aromatic heterocycles. The number of carbonyl (C=O) groups is 1. The molecular weight excluding hydrogens is 299 g/mol. The highest BCUT2D eigenvalue weighted by Gasteiger charge is 2.38.